The monoisotopic (exact) mass is 376 g/mol. The Labute approximate surface area is 163 Å². The van der Waals surface area contributed by atoms with E-state index in [-0.39, 0.29) is 11.6 Å². The Morgan fingerprint density at radius 1 is 1.04 bits per heavy atom. The van der Waals surface area contributed by atoms with Crippen LogP contribution in [0.4, 0.5) is 17.2 Å². The van der Waals surface area contributed by atoms with Gasteiger partial charge in [0.15, 0.2) is 0 Å². The second kappa shape index (κ2) is 8.77. The molecule has 0 aliphatic carbocycles. The molecule has 1 heterocycles. The van der Waals surface area contributed by atoms with Crippen molar-refractivity contribution in [2.24, 2.45) is 0 Å². The average molecular weight is 376 g/mol. The SMILES string of the molecule is CCN(C(=O)c1cc(Nc2ccccc2C(=O)OC)ncn1)c1ccccc1. The molecule has 3 rings (SSSR count). The summed E-state index contributed by atoms with van der Waals surface area (Å²) in [5.41, 5.74) is 1.94. The molecular weight excluding hydrogens is 356 g/mol. The summed E-state index contributed by atoms with van der Waals surface area (Å²) in [4.78, 5) is 34.8. The van der Waals surface area contributed by atoms with Crippen molar-refractivity contribution in [3.8, 4) is 0 Å². The van der Waals surface area contributed by atoms with Crippen LogP contribution in [-0.2, 0) is 4.74 Å². The number of carbonyl (C=O) groups is 2. The maximum absolute atomic E-state index is 12.9. The molecule has 0 spiro atoms. The van der Waals surface area contributed by atoms with E-state index in [1.807, 2.05) is 37.3 Å². The van der Waals surface area contributed by atoms with Gasteiger partial charge >= 0.3 is 5.97 Å². The zero-order valence-corrected chi connectivity index (χ0v) is 15.6. The number of methoxy groups -OCH3 is 1. The standard InChI is InChI=1S/C21H20N4O3/c1-3-25(15-9-5-4-6-10-15)20(26)18-13-19(23-14-22-18)24-17-12-8-7-11-16(17)21(27)28-2/h4-14H,3H2,1-2H3,(H,22,23,24). The van der Waals surface area contributed by atoms with Crippen molar-refractivity contribution in [3.05, 3.63) is 78.2 Å². The number of para-hydroxylation sites is 2. The first-order valence-corrected chi connectivity index (χ1v) is 8.77. The van der Waals surface area contributed by atoms with Gasteiger partial charge in [0, 0.05) is 18.3 Å². The number of hydrogen-bond donors (Lipinski definition) is 1. The summed E-state index contributed by atoms with van der Waals surface area (Å²) in [7, 11) is 1.32. The smallest absolute Gasteiger partial charge is 0.339 e. The minimum atomic E-state index is -0.463. The van der Waals surface area contributed by atoms with E-state index in [9.17, 15) is 9.59 Å². The number of benzene rings is 2. The van der Waals surface area contributed by atoms with Gasteiger partial charge in [-0.2, -0.15) is 0 Å². The highest BCUT2D eigenvalue weighted by Crippen LogP contribution is 2.21. The Morgan fingerprint density at radius 2 is 1.75 bits per heavy atom. The van der Waals surface area contributed by atoms with E-state index in [1.165, 1.54) is 13.4 Å². The highest BCUT2D eigenvalue weighted by Gasteiger charge is 2.18. The van der Waals surface area contributed by atoms with Crippen molar-refractivity contribution in [1.29, 1.82) is 0 Å². The molecule has 1 amide bonds. The van der Waals surface area contributed by atoms with Gasteiger partial charge in [0.1, 0.15) is 17.8 Å². The van der Waals surface area contributed by atoms with Gasteiger partial charge in [0.2, 0.25) is 0 Å². The third-order valence-electron chi connectivity index (χ3n) is 4.11. The summed E-state index contributed by atoms with van der Waals surface area (Å²) in [5, 5.41) is 3.06. The van der Waals surface area contributed by atoms with Crippen LogP contribution in [0.2, 0.25) is 0 Å². The minimum Gasteiger partial charge on any atom is -0.465 e. The summed E-state index contributed by atoms with van der Waals surface area (Å²) in [6.07, 6.45) is 1.31. The fourth-order valence-electron chi connectivity index (χ4n) is 2.75. The predicted molar refractivity (Wildman–Crippen MR) is 107 cm³/mol. The highest BCUT2D eigenvalue weighted by atomic mass is 16.5. The molecule has 0 saturated heterocycles. The number of hydrogen-bond acceptors (Lipinski definition) is 6. The summed E-state index contributed by atoms with van der Waals surface area (Å²) in [6, 6.07) is 17.9. The molecule has 0 fully saturated rings. The lowest BCUT2D eigenvalue weighted by Gasteiger charge is -2.20. The van der Waals surface area contributed by atoms with E-state index >= 15 is 0 Å². The number of nitrogens with zero attached hydrogens (tertiary/aromatic N) is 3. The van der Waals surface area contributed by atoms with Crippen LogP contribution in [0.25, 0.3) is 0 Å². The molecule has 0 bridgehead atoms. The number of ether oxygens (including phenoxy) is 1. The number of nitrogens with one attached hydrogen (secondary N) is 1. The van der Waals surface area contributed by atoms with Gasteiger partial charge in [-0.3, -0.25) is 4.79 Å². The maximum atomic E-state index is 12.9. The quantitative estimate of drug-likeness (QED) is 0.661. The van der Waals surface area contributed by atoms with Crippen molar-refractivity contribution < 1.29 is 14.3 Å². The van der Waals surface area contributed by atoms with Crippen LogP contribution in [0.15, 0.2) is 67.0 Å². The van der Waals surface area contributed by atoms with Crippen molar-refractivity contribution in [2.75, 3.05) is 23.9 Å². The van der Waals surface area contributed by atoms with E-state index in [4.69, 9.17) is 4.74 Å². The van der Waals surface area contributed by atoms with Gasteiger partial charge in [0.25, 0.3) is 5.91 Å². The third kappa shape index (κ3) is 4.15. The number of rotatable bonds is 6. The normalized spacial score (nSPS) is 10.2. The van der Waals surface area contributed by atoms with Crippen LogP contribution in [0, 0.1) is 0 Å². The van der Waals surface area contributed by atoms with Gasteiger partial charge in [-0.05, 0) is 31.2 Å². The lowest BCUT2D eigenvalue weighted by Crippen LogP contribution is -2.31. The van der Waals surface area contributed by atoms with Crippen LogP contribution in [0.5, 0.6) is 0 Å². The van der Waals surface area contributed by atoms with Crippen molar-refractivity contribution in [3.63, 3.8) is 0 Å². The molecule has 1 N–H and O–H groups in total. The zero-order valence-electron chi connectivity index (χ0n) is 15.6. The van der Waals surface area contributed by atoms with Crippen molar-refractivity contribution in [2.45, 2.75) is 6.92 Å². The Kier molecular flexibility index (Phi) is 5.96. The number of aromatic nitrogens is 2. The first kappa shape index (κ1) is 19.0. The first-order valence-electron chi connectivity index (χ1n) is 8.77. The molecule has 3 aromatic rings. The molecule has 0 atom stereocenters. The van der Waals surface area contributed by atoms with E-state index in [0.717, 1.165) is 5.69 Å². The summed E-state index contributed by atoms with van der Waals surface area (Å²) < 4.78 is 4.80. The van der Waals surface area contributed by atoms with Gasteiger partial charge in [-0.1, -0.05) is 30.3 Å². The fourth-order valence-corrected chi connectivity index (χ4v) is 2.75. The lowest BCUT2D eigenvalue weighted by molar-refractivity contribution is 0.0601. The van der Waals surface area contributed by atoms with Crippen LogP contribution in [0.3, 0.4) is 0 Å². The molecule has 142 valence electrons. The van der Waals surface area contributed by atoms with E-state index < -0.39 is 5.97 Å². The lowest BCUT2D eigenvalue weighted by atomic mass is 10.2. The molecule has 7 heteroatoms. The summed E-state index contributed by atoms with van der Waals surface area (Å²) in [5.74, 6) is -0.297. The molecule has 0 radical (unpaired) electrons. The molecule has 7 nitrogen and oxygen atoms in total. The van der Waals surface area contributed by atoms with Gasteiger partial charge < -0.3 is 15.0 Å². The molecular formula is C21H20N4O3. The summed E-state index contributed by atoms with van der Waals surface area (Å²) >= 11 is 0. The van der Waals surface area contributed by atoms with E-state index in [0.29, 0.717) is 23.6 Å². The number of amides is 1. The van der Waals surface area contributed by atoms with Crippen molar-refractivity contribution >= 4 is 29.1 Å². The van der Waals surface area contributed by atoms with Crippen LogP contribution in [0.1, 0.15) is 27.8 Å². The summed E-state index contributed by atoms with van der Waals surface area (Å²) in [6.45, 7) is 2.40. The molecule has 0 unspecified atom stereocenters. The zero-order chi connectivity index (χ0) is 19.9. The van der Waals surface area contributed by atoms with E-state index in [1.54, 1.807) is 35.2 Å². The molecule has 0 aliphatic heterocycles. The number of anilines is 3. The van der Waals surface area contributed by atoms with Crippen LogP contribution in [-0.4, -0.2) is 35.5 Å². The van der Waals surface area contributed by atoms with Gasteiger partial charge in [-0.15, -0.1) is 0 Å². The van der Waals surface area contributed by atoms with E-state index in [2.05, 4.69) is 15.3 Å². The van der Waals surface area contributed by atoms with Crippen LogP contribution < -0.4 is 10.2 Å². The maximum Gasteiger partial charge on any atom is 0.339 e. The molecule has 1 aromatic heterocycles. The Bertz CT molecular complexity index is 976. The second-order valence-electron chi connectivity index (χ2n) is 5.84. The number of carbonyl (C=O) groups excluding carboxylic acids is 2. The minimum absolute atomic E-state index is 0.236. The largest absolute Gasteiger partial charge is 0.465 e. The fraction of sp³-hybridized carbons (Fsp3) is 0.143. The van der Waals surface area contributed by atoms with Gasteiger partial charge in [-0.25, -0.2) is 14.8 Å². The molecule has 28 heavy (non-hydrogen) atoms. The predicted octanol–water partition coefficient (Wildman–Crippen LogP) is 3.67. The highest BCUT2D eigenvalue weighted by molar-refractivity contribution is 6.05. The Morgan fingerprint density at radius 3 is 2.46 bits per heavy atom. The molecule has 2 aromatic carbocycles. The second-order valence-corrected chi connectivity index (χ2v) is 5.84. The van der Waals surface area contributed by atoms with Crippen molar-refractivity contribution in [1.82, 2.24) is 9.97 Å². The average Bonchev–Trinajstić information content (AvgIpc) is 2.75. The Balaban J connectivity index is 1.87. The third-order valence-corrected chi connectivity index (χ3v) is 4.11. The first-order chi connectivity index (χ1) is 13.6. The van der Waals surface area contributed by atoms with Gasteiger partial charge in [0.05, 0.1) is 18.4 Å². The molecule has 0 saturated carbocycles. The number of esters is 1. The Hall–Kier alpha value is -3.74. The molecule has 0 aliphatic rings. The van der Waals surface area contributed by atoms with Crippen LogP contribution >= 0.6 is 0 Å². The topological polar surface area (TPSA) is 84.4 Å².